The lowest BCUT2D eigenvalue weighted by atomic mass is 10.0. The first kappa shape index (κ1) is 26.5. The number of hydrogen-bond acceptors (Lipinski definition) is 7. The quantitative estimate of drug-likeness (QED) is 0.391. The maximum absolute atomic E-state index is 13.0. The zero-order valence-corrected chi connectivity index (χ0v) is 22.5. The standard InChI is InChI=1S/C29H37N3O5/c1-31(13-8-20-7-10-30-24-19-28(37-5)27(36-4)18-23(20)24)11-6-12-32-14-9-21-15-25(34-2)26(35-3)16-22(21)17-29(32)33/h7,10,15-16,18-19H,6,8-9,11-14,17H2,1-5H3. The summed E-state index contributed by atoms with van der Waals surface area (Å²) in [6.07, 6.45) is 4.88. The van der Waals surface area contributed by atoms with Crippen molar-refractivity contribution in [1.82, 2.24) is 14.8 Å². The Morgan fingerprint density at radius 3 is 2.24 bits per heavy atom. The van der Waals surface area contributed by atoms with Gasteiger partial charge in [0.05, 0.1) is 40.4 Å². The van der Waals surface area contributed by atoms with Gasteiger partial charge in [0.15, 0.2) is 23.0 Å². The number of ether oxygens (including phenoxy) is 4. The summed E-state index contributed by atoms with van der Waals surface area (Å²) in [5.41, 5.74) is 4.31. The van der Waals surface area contributed by atoms with Gasteiger partial charge in [0, 0.05) is 37.3 Å². The molecule has 0 radical (unpaired) electrons. The Morgan fingerprint density at radius 2 is 1.54 bits per heavy atom. The highest BCUT2D eigenvalue weighted by Gasteiger charge is 2.22. The molecule has 8 heteroatoms. The van der Waals surface area contributed by atoms with Crippen molar-refractivity contribution in [2.45, 2.75) is 25.7 Å². The summed E-state index contributed by atoms with van der Waals surface area (Å²) in [6.45, 7) is 3.30. The predicted molar refractivity (Wildman–Crippen MR) is 144 cm³/mol. The number of likely N-dealkylation sites (N-methyl/N-ethyl adjacent to an activating group) is 1. The topological polar surface area (TPSA) is 73.4 Å². The van der Waals surface area contributed by atoms with Gasteiger partial charge in [-0.25, -0.2) is 0 Å². The highest BCUT2D eigenvalue weighted by atomic mass is 16.5. The number of aromatic nitrogens is 1. The summed E-state index contributed by atoms with van der Waals surface area (Å²) < 4.78 is 21.8. The van der Waals surface area contributed by atoms with Gasteiger partial charge in [0.1, 0.15) is 0 Å². The third-order valence-electron chi connectivity index (χ3n) is 7.12. The van der Waals surface area contributed by atoms with Gasteiger partial charge in [0.2, 0.25) is 5.91 Å². The van der Waals surface area contributed by atoms with Crippen molar-refractivity contribution in [3.63, 3.8) is 0 Å². The highest BCUT2D eigenvalue weighted by Crippen LogP contribution is 2.33. The highest BCUT2D eigenvalue weighted by molar-refractivity contribution is 5.85. The molecule has 0 aliphatic carbocycles. The Balaban J connectivity index is 1.31. The second-order valence-corrected chi connectivity index (χ2v) is 9.38. The molecule has 0 saturated carbocycles. The molecule has 2 aromatic carbocycles. The van der Waals surface area contributed by atoms with Gasteiger partial charge in [-0.05, 0) is 73.8 Å². The molecule has 37 heavy (non-hydrogen) atoms. The molecule has 0 unspecified atom stereocenters. The fraction of sp³-hybridized carbons (Fsp3) is 0.448. The maximum atomic E-state index is 13.0. The molecule has 3 aromatic rings. The van der Waals surface area contributed by atoms with Crippen molar-refractivity contribution in [2.24, 2.45) is 0 Å². The van der Waals surface area contributed by atoms with Crippen LogP contribution in [0.2, 0.25) is 0 Å². The van der Waals surface area contributed by atoms with Crippen LogP contribution in [0, 0.1) is 0 Å². The minimum Gasteiger partial charge on any atom is -0.493 e. The van der Waals surface area contributed by atoms with Gasteiger partial charge in [-0.1, -0.05) is 0 Å². The Labute approximate surface area is 219 Å². The number of fused-ring (bicyclic) bond motifs is 2. The van der Waals surface area contributed by atoms with E-state index in [0.29, 0.717) is 29.4 Å². The average Bonchev–Trinajstić information content (AvgIpc) is 3.07. The van der Waals surface area contributed by atoms with Crippen LogP contribution >= 0.6 is 0 Å². The fourth-order valence-electron chi connectivity index (χ4n) is 4.95. The van der Waals surface area contributed by atoms with Crippen LogP contribution in [0.4, 0.5) is 0 Å². The first-order chi connectivity index (χ1) is 18.0. The van der Waals surface area contributed by atoms with Crippen LogP contribution in [-0.2, 0) is 24.1 Å². The van der Waals surface area contributed by atoms with E-state index in [4.69, 9.17) is 18.9 Å². The van der Waals surface area contributed by atoms with Crippen LogP contribution in [0.25, 0.3) is 10.9 Å². The van der Waals surface area contributed by atoms with Crippen LogP contribution in [0.15, 0.2) is 36.5 Å². The normalized spacial score (nSPS) is 13.5. The van der Waals surface area contributed by atoms with Crippen molar-refractivity contribution in [1.29, 1.82) is 0 Å². The summed E-state index contributed by atoms with van der Waals surface area (Å²) >= 11 is 0. The number of carbonyl (C=O) groups excluding carboxylic acids is 1. The lowest BCUT2D eigenvalue weighted by molar-refractivity contribution is -0.130. The summed E-state index contributed by atoms with van der Waals surface area (Å²) in [6, 6.07) is 9.94. The first-order valence-corrected chi connectivity index (χ1v) is 12.7. The van der Waals surface area contributed by atoms with Crippen LogP contribution in [-0.4, -0.2) is 82.4 Å². The molecule has 0 atom stereocenters. The predicted octanol–water partition coefficient (Wildman–Crippen LogP) is 3.76. The number of rotatable bonds is 11. The number of hydrogen-bond donors (Lipinski definition) is 0. The van der Waals surface area contributed by atoms with Gasteiger partial charge in [0.25, 0.3) is 0 Å². The number of carbonyl (C=O) groups is 1. The van der Waals surface area contributed by atoms with Crippen LogP contribution in [0.5, 0.6) is 23.0 Å². The van der Waals surface area contributed by atoms with Crippen molar-refractivity contribution in [3.05, 3.63) is 53.2 Å². The summed E-state index contributed by atoms with van der Waals surface area (Å²) in [4.78, 5) is 21.8. The second kappa shape index (κ2) is 12.1. The minimum absolute atomic E-state index is 0.168. The average molecular weight is 508 g/mol. The molecule has 0 N–H and O–H groups in total. The first-order valence-electron chi connectivity index (χ1n) is 12.7. The Kier molecular flexibility index (Phi) is 8.71. The number of benzene rings is 2. The van der Waals surface area contributed by atoms with E-state index in [-0.39, 0.29) is 5.91 Å². The van der Waals surface area contributed by atoms with E-state index < -0.39 is 0 Å². The minimum atomic E-state index is 0.168. The van der Waals surface area contributed by atoms with Gasteiger partial charge >= 0.3 is 0 Å². The lowest BCUT2D eigenvalue weighted by Gasteiger charge is -2.23. The van der Waals surface area contributed by atoms with Gasteiger partial charge in [-0.15, -0.1) is 0 Å². The molecule has 0 bridgehead atoms. The van der Waals surface area contributed by atoms with Gasteiger partial charge in [-0.3, -0.25) is 9.78 Å². The molecule has 0 fully saturated rings. The van der Waals surface area contributed by atoms with Gasteiger partial charge < -0.3 is 28.7 Å². The number of pyridine rings is 1. The smallest absolute Gasteiger partial charge is 0.227 e. The molecule has 1 aliphatic heterocycles. The monoisotopic (exact) mass is 507 g/mol. The molecular weight excluding hydrogens is 470 g/mol. The van der Waals surface area contributed by atoms with Crippen LogP contribution < -0.4 is 18.9 Å². The zero-order chi connectivity index (χ0) is 26.4. The SMILES string of the molecule is COc1cc2c(cc1OC)CC(=O)N(CCCN(C)CCc1ccnc3cc(OC)c(OC)cc13)CC2. The number of amides is 1. The van der Waals surface area contributed by atoms with E-state index in [1.54, 1.807) is 28.4 Å². The summed E-state index contributed by atoms with van der Waals surface area (Å²) in [7, 11) is 8.67. The largest absolute Gasteiger partial charge is 0.493 e. The number of methoxy groups -OCH3 is 4. The van der Waals surface area contributed by atoms with Crippen molar-refractivity contribution in [2.75, 3.05) is 61.7 Å². The fourth-order valence-corrected chi connectivity index (χ4v) is 4.95. The molecule has 198 valence electrons. The van der Waals surface area contributed by atoms with Crippen molar-refractivity contribution >= 4 is 16.8 Å². The summed E-state index contributed by atoms with van der Waals surface area (Å²) in [5, 5.41) is 1.08. The third-order valence-corrected chi connectivity index (χ3v) is 7.12. The van der Waals surface area contributed by atoms with Crippen molar-refractivity contribution in [3.8, 4) is 23.0 Å². The van der Waals surface area contributed by atoms with Crippen molar-refractivity contribution < 1.29 is 23.7 Å². The zero-order valence-electron chi connectivity index (χ0n) is 22.5. The van der Waals surface area contributed by atoms with E-state index >= 15 is 0 Å². The number of nitrogens with zero attached hydrogens (tertiary/aromatic N) is 3. The Morgan fingerprint density at radius 1 is 0.892 bits per heavy atom. The third kappa shape index (κ3) is 6.07. The van der Waals surface area contributed by atoms with E-state index in [9.17, 15) is 4.79 Å². The lowest BCUT2D eigenvalue weighted by Crippen LogP contribution is -2.35. The molecular formula is C29H37N3O5. The Hall–Kier alpha value is -3.52. The molecule has 0 spiro atoms. The molecule has 4 rings (SSSR count). The molecule has 1 aliphatic rings. The summed E-state index contributed by atoms with van der Waals surface area (Å²) in [5.74, 6) is 2.94. The van der Waals surface area contributed by atoms with E-state index in [1.165, 1.54) is 5.56 Å². The molecule has 8 nitrogen and oxygen atoms in total. The molecule has 1 amide bonds. The maximum Gasteiger partial charge on any atom is 0.227 e. The van der Waals surface area contributed by atoms with E-state index in [0.717, 1.165) is 67.5 Å². The van der Waals surface area contributed by atoms with E-state index in [1.807, 2.05) is 35.4 Å². The second-order valence-electron chi connectivity index (χ2n) is 9.38. The molecule has 0 saturated heterocycles. The Bertz CT molecular complexity index is 1250. The molecule has 1 aromatic heterocycles. The van der Waals surface area contributed by atoms with Crippen LogP contribution in [0.1, 0.15) is 23.1 Å². The van der Waals surface area contributed by atoms with Crippen LogP contribution in [0.3, 0.4) is 0 Å². The molecule has 2 heterocycles. The van der Waals surface area contributed by atoms with E-state index in [2.05, 4.69) is 23.0 Å². The van der Waals surface area contributed by atoms with Gasteiger partial charge in [-0.2, -0.15) is 0 Å².